The zero-order chi connectivity index (χ0) is 14.0. The number of amides is 2. The second kappa shape index (κ2) is 5.25. The van der Waals surface area contributed by atoms with Crippen LogP contribution in [0.2, 0.25) is 0 Å². The lowest BCUT2D eigenvalue weighted by atomic mass is 10.0. The molecular formula is C11H17N5O3. The zero-order valence-corrected chi connectivity index (χ0v) is 10.9. The molecule has 1 aromatic heterocycles. The molecule has 8 nitrogen and oxygen atoms in total. The smallest absolute Gasteiger partial charge is 0.326 e. The number of hydrogen-bond acceptors (Lipinski definition) is 4. The van der Waals surface area contributed by atoms with Crippen LogP contribution < -0.4 is 0 Å². The van der Waals surface area contributed by atoms with E-state index in [0.29, 0.717) is 18.8 Å². The first-order chi connectivity index (χ1) is 9.00. The number of carboxylic acid groups (broad SMARTS) is 1. The Morgan fingerprint density at radius 1 is 1.63 bits per heavy atom. The predicted molar refractivity (Wildman–Crippen MR) is 65.2 cm³/mol. The van der Waals surface area contributed by atoms with Crippen LogP contribution in [0.4, 0.5) is 4.79 Å². The Labute approximate surface area is 110 Å². The van der Waals surface area contributed by atoms with E-state index in [4.69, 9.17) is 0 Å². The van der Waals surface area contributed by atoms with Crippen molar-refractivity contribution in [1.82, 2.24) is 25.0 Å². The van der Waals surface area contributed by atoms with Gasteiger partial charge in [0.05, 0.1) is 6.54 Å². The molecule has 8 heteroatoms. The molecule has 2 unspecified atom stereocenters. The van der Waals surface area contributed by atoms with Crippen molar-refractivity contribution in [3.63, 3.8) is 0 Å². The molecule has 2 amide bonds. The summed E-state index contributed by atoms with van der Waals surface area (Å²) < 4.78 is 0. The monoisotopic (exact) mass is 267 g/mol. The van der Waals surface area contributed by atoms with Crippen LogP contribution >= 0.6 is 0 Å². The van der Waals surface area contributed by atoms with Gasteiger partial charge >= 0.3 is 12.0 Å². The largest absolute Gasteiger partial charge is 0.480 e. The van der Waals surface area contributed by atoms with Crippen molar-refractivity contribution >= 4 is 12.0 Å². The molecular weight excluding hydrogens is 250 g/mol. The molecule has 0 radical (unpaired) electrons. The third-order valence-corrected chi connectivity index (χ3v) is 3.38. The molecule has 0 spiro atoms. The van der Waals surface area contributed by atoms with E-state index in [1.807, 2.05) is 6.92 Å². The van der Waals surface area contributed by atoms with Crippen LogP contribution in [0, 0.1) is 5.92 Å². The Hall–Kier alpha value is -2.12. The number of aliphatic carboxylic acids is 1. The SMILES string of the molecule is CC1CCN(C(=O)N(C)Cc2ncn[nH]2)C1C(=O)O. The van der Waals surface area contributed by atoms with Crippen LogP contribution in [0.25, 0.3) is 0 Å². The normalized spacial score (nSPS) is 22.5. The third kappa shape index (κ3) is 2.67. The van der Waals surface area contributed by atoms with E-state index in [0.717, 1.165) is 0 Å². The van der Waals surface area contributed by atoms with E-state index in [1.165, 1.54) is 16.1 Å². The molecule has 0 aromatic carbocycles. The average Bonchev–Trinajstić information content (AvgIpc) is 2.97. The van der Waals surface area contributed by atoms with E-state index in [-0.39, 0.29) is 18.5 Å². The number of H-pyrrole nitrogens is 1. The van der Waals surface area contributed by atoms with Crippen molar-refractivity contribution in [2.45, 2.75) is 25.9 Å². The van der Waals surface area contributed by atoms with Gasteiger partial charge in [0.1, 0.15) is 18.2 Å². The summed E-state index contributed by atoms with van der Waals surface area (Å²) in [7, 11) is 1.62. The topological polar surface area (TPSA) is 102 Å². The van der Waals surface area contributed by atoms with Crippen LogP contribution in [0.1, 0.15) is 19.2 Å². The van der Waals surface area contributed by atoms with Gasteiger partial charge in [0.25, 0.3) is 0 Å². The minimum Gasteiger partial charge on any atom is -0.480 e. The van der Waals surface area contributed by atoms with E-state index < -0.39 is 12.0 Å². The van der Waals surface area contributed by atoms with Gasteiger partial charge in [-0.05, 0) is 12.3 Å². The number of carboxylic acids is 1. The molecule has 2 atom stereocenters. The van der Waals surface area contributed by atoms with Crippen LogP contribution in [-0.2, 0) is 11.3 Å². The van der Waals surface area contributed by atoms with Gasteiger partial charge in [0.2, 0.25) is 0 Å². The van der Waals surface area contributed by atoms with Gasteiger partial charge in [0.15, 0.2) is 0 Å². The van der Waals surface area contributed by atoms with Crippen LogP contribution in [-0.4, -0.2) is 61.7 Å². The number of nitrogens with zero attached hydrogens (tertiary/aromatic N) is 4. The number of rotatable bonds is 3. The maximum absolute atomic E-state index is 12.3. The fraction of sp³-hybridized carbons (Fsp3) is 0.636. The van der Waals surface area contributed by atoms with Crippen LogP contribution in [0.5, 0.6) is 0 Å². The van der Waals surface area contributed by atoms with Gasteiger partial charge in [-0.3, -0.25) is 5.10 Å². The van der Waals surface area contributed by atoms with Gasteiger partial charge in [-0.1, -0.05) is 6.92 Å². The van der Waals surface area contributed by atoms with Crippen LogP contribution in [0.15, 0.2) is 6.33 Å². The first-order valence-corrected chi connectivity index (χ1v) is 6.09. The molecule has 19 heavy (non-hydrogen) atoms. The second-order valence-electron chi connectivity index (χ2n) is 4.81. The third-order valence-electron chi connectivity index (χ3n) is 3.38. The highest BCUT2D eigenvalue weighted by Gasteiger charge is 2.40. The average molecular weight is 267 g/mol. The van der Waals surface area contributed by atoms with Crippen molar-refractivity contribution in [2.75, 3.05) is 13.6 Å². The number of likely N-dealkylation sites (tertiary alicyclic amines) is 1. The Morgan fingerprint density at radius 2 is 2.37 bits per heavy atom. The van der Waals surface area contributed by atoms with Gasteiger partial charge in [0, 0.05) is 13.6 Å². The molecule has 1 saturated heterocycles. The Kier molecular flexibility index (Phi) is 3.68. The Bertz CT molecular complexity index is 461. The maximum Gasteiger partial charge on any atom is 0.326 e. The summed E-state index contributed by atoms with van der Waals surface area (Å²) in [5, 5.41) is 15.6. The maximum atomic E-state index is 12.3. The van der Waals surface area contributed by atoms with Crippen molar-refractivity contribution in [2.24, 2.45) is 5.92 Å². The van der Waals surface area contributed by atoms with Crippen molar-refractivity contribution < 1.29 is 14.7 Å². The van der Waals surface area contributed by atoms with Gasteiger partial charge in [-0.2, -0.15) is 5.10 Å². The van der Waals surface area contributed by atoms with Gasteiger partial charge < -0.3 is 14.9 Å². The lowest BCUT2D eigenvalue weighted by Gasteiger charge is -2.28. The first kappa shape index (κ1) is 13.3. The fourth-order valence-electron chi connectivity index (χ4n) is 2.36. The first-order valence-electron chi connectivity index (χ1n) is 6.09. The van der Waals surface area contributed by atoms with E-state index >= 15 is 0 Å². The number of carbonyl (C=O) groups is 2. The minimum atomic E-state index is -0.952. The number of aromatic nitrogens is 3. The quantitative estimate of drug-likeness (QED) is 0.811. The predicted octanol–water partition coefficient (Wildman–Crippen LogP) is 0.151. The number of carbonyl (C=O) groups excluding carboxylic acids is 1. The molecule has 1 aliphatic rings. The lowest BCUT2D eigenvalue weighted by Crippen LogP contribution is -2.48. The Morgan fingerprint density at radius 3 is 2.95 bits per heavy atom. The molecule has 2 heterocycles. The Balaban J connectivity index is 2.04. The summed E-state index contributed by atoms with van der Waals surface area (Å²) in [5.74, 6) is -0.415. The summed E-state index contributed by atoms with van der Waals surface area (Å²) in [5.41, 5.74) is 0. The molecule has 0 bridgehead atoms. The lowest BCUT2D eigenvalue weighted by molar-refractivity contribution is -0.142. The van der Waals surface area contributed by atoms with E-state index in [1.54, 1.807) is 7.05 Å². The van der Waals surface area contributed by atoms with Gasteiger partial charge in [-0.15, -0.1) is 0 Å². The van der Waals surface area contributed by atoms with Crippen molar-refractivity contribution in [3.8, 4) is 0 Å². The summed E-state index contributed by atoms with van der Waals surface area (Å²) >= 11 is 0. The molecule has 0 saturated carbocycles. The molecule has 104 valence electrons. The molecule has 1 aliphatic heterocycles. The highest BCUT2D eigenvalue weighted by Crippen LogP contribution is 2.25. The summed E-state index contributed by atoms with van der Waals surface area (Å²) in [6.45, 7) is 2.59. The molecule has 2 N–H and O–H groups in total. The summed E-state index contributed by atoms with van der Waals surface area (Å²) in [6, 6.07) is -1.04. The highest BCUT2D eigenvalue weighted by atomic mass is 16.4. The molecule has 1 aromatic rings. The molecule has 0 aliphatic carbocycles. The minimum absolute atomic E-state index is 0.0277. The van der Waals surface area contributed by atoms with Crippen molar-refractivity contribution in [3.05, 3.63) is 12.2 Å². The number of urea groups is 1. The second-order valence-corrected chi connectivity index (χ2v) is 4.81. The number of nitrogens with one attached hydrogen (secondary N) is 1. The standard InChI is InChI=1S/C11H17N5O3/c1-7-3-4-16(9(7)10(17)18)11(19)15(2)5-8-12-6-13-14-8/h6-7,9H,3-5H2,1-2H3,(H,17,18)(H,12,13,14). The van der Waals surface area contributed by atoms with Crippen molar-refractivity contribution in [1.29, 1.82) is 0 Å². The van der Waals surface area contributed by atoms with Crippen LogP contribution in [0.3, 0.4) is 0 Å². The zero-order valence-electron chi connectivity index (χ0n) is 10.9. The summed E-state index contributed by atoms with van der Waals surface area (Å²) in [6.07, 6.45) is 2.07. The summed E-state index contributed by atoms with van der Waals surface area (Å²) in [4.78, 5) is 30.3. The number of hydrogen-bond donors (Lipinski definition) is 2. The van der Waals surface area contributed by atoms with Gasteiger partial charge in [-0.25, -0.2) is 14.6 Å². The number of aromatic amines is 1. The van der Waals surface area contributed by atoms with E-state index in [2.05, 4.69) is 15.2 Å². The molecule has 2 rings (SSSR count). The van der Waals surface area contributed by atoms with E-state index in [9.17, 15) is 14.7 Å². The highest BCUT2D eigenvalue weighted by molar-refractivity contribution is 5.83. The fourth-order valence-corrected chi connectivity index (χ4v) is 2.36. The molecule has 1 fully saturated rings.